The van der Waals surface area contributed by atoms with E-state index in [1.807, 2.05) is 35.8 Å². The average Bonchev–Trinajstić information content (AvgIpc) is 2.71. The highest BCUT2D eigenvalue weighted by molar-refractivity contribution is 5.95. The van der Waals surface area contributed by atoms with Crippen LogP contribution in [0.1, 0.15) is 33.5 Å². The van der Waals surface area contributed by atoms with Gasteiger partial charge in [0.15, 0.2) is 0 Å². The van der Waals surface area contributed by atoms with Gasteiger partial charge in [-0.05, 0) is 41.3 Å². The van der Waals surface area contributed by atoms with Crippen LogP contribution in [-0.4, -0.2) is 23.2 Å². The Morgan fingerprint density at radius 3 is 2.71 bits per heavy atom. The van der Waals surface area contributed by atoms with Crippen molar-refractivity contribution in [3.8, 4) is 0 Å². The molecule has 2 aromatic rings. The van der Waals surface area contributed by atoms with E-state index in [9.17, 15) is 9.59 Å². The Kier molecular flexibility index (Phi) is 7.68. The third-order valence-corrected chi connectivity index (χ3v) is 3.83. The number of hydroxylamine groups is 1. The number of hydrogen-bond donors (Lipinski definition) is 4. The van der Waals surface area contributed by atoms with E-state index in [0.717, 1.165) is 16.7 Å². The lowest BCUT2D eigenvalue weighted by Crippen LogP contribution is -2.17. The second-order valence-corrected chi connectivity index (χ2v) is 5.96. The van der Waals surface area contributed by atoms with Gasteiger partial charge in [-0.2, -0.15) is 5.10 Å². The minimum Gasteiger partial charge on any atom is -0.370 e. The maximum absolute atomic E-state index is 12.3. The molecule has 7 heteroatoms. The number of primary amides is 1. The highest BCUT2D eigenvalue weighted by Crippen LogP contribution is 2.10. The SMILES string of the molecule is C=C(/C=C/c1cccc(C(=O)N/N=C/c2ccccc2CCC(N)=O)c1)NO. The van der Waals surface area contributed by atoms with E-state index in [2.05, 4.69) is 17.1 Å². The fourth-order valence-corrected chi connectivity index (χ4v) is 2.39. The number of nitrogens with zero attached hydrogens (tertiary/aromatic N) is 1. The van der Waals surface area contributed by atoms with Crippen molar-refractivity contribution < 1.29 is 14.8 Å². The average molecular weight is 378 g/mol. The third kappa shape index (κ3) is 6.54. The lowest BCUT2D eigenvalue weighted by atomic mass is 10.0. The van der Waals surface area contributed by atoms with Gasteiger partial charge < -0.3 is 5.73 Å². The van der Waals surface area contributed by atoms with E-state index in [1.54, 1.807) is 30.4 Å². The van der Waals surface area contributed by atoms with Gasteiger partial charge in [0, 0.05) is 12.0 Å². The summed E-state index contributed by atoms with van der Waals surface area (Å²) in [5.41, 5.74) is 12.9. The summed E-state index contributed by atoms with van der Waals surface area (Å²) in [7, 11) is 0. The Morgan fingerprint density at radius 1 is 1.18 bits per heavy atom. The van der Waals surface area contributed by atoms with Gasteiger partial charge in [-0.3, -0.25) is 20.3 Å². The molecule has 7 nitrogen and oxygen atoms in total. The molecule has 0 radical (unpaired) electrons. The van der Waals surface area contributed by atoms with Crippen LogP contribution in [0.25, 0.3) is 6.08 Å². The van der Waals surface area contributed by atoms with Gasteiger partial charge in [0.2, 0.25) is 5.91 Å². The third-order valence-electron chi connectivity index (χ3n) is 3.83. The summed E-state index contributed by atoms with van der Waals surface area (Å²) in [5.74, 6) is -0.729. The first-order chi connectivity index (χ1) is 13.5. The molecule has 144 valence electrons. The van der Waals surface area contributed by atoms with Gasteiger partial charge >= 0.3 is 0 Å². The lowest BCUT2D eigenvalue weighted by molar-refractivity contribution is -0.117. The quantitative estimate of drug-likeness (QED) is 0.304. The van der Waals surface area contributed by atoms with Crippen LogP contribution in [0.5, 0.6) is 0 Å². The summed E-state index contributed by atoms with van der Waals surface area (Å²) in [6, 6.07) is 14.4. The summed E-state index contributed by atoms with van der Waals surface area (Å²) in [6.45, 7) is 3.57. The first-order valence-corrected chi connectivity index (χ1v) is 8.56. The number of nitrogens with two attached hydrogens (primary N) is 1. The number of amides is 2. The van der Waals surface area contributed by atoms with Crippen LogP contribution in [0.3, 0.4) is 0 Å². The number of carbonyl (C=O) groups is 2. The summed E-state index contributed by atoms with van der Waals surface area (Å²) < 4.78 is 0. The lowest BCUT2D eigenvalue weighted by Gasteiger charge is -2.05. The number of allylic oxidation sites excluding steroid dienone is 1. The molecule has 0 saturated carbocycles. The standard InChI is InChI=1S/C21H22N4O3/c1-15(25-28)9-10-16-5-4-8-18(13-16)21(27)24-23-14-19-7-3-2-6-17(19)11-12-20(22)26/h2-10,13-14,25,28H,1,11-12H2,(H2,22,26)(H,24,27)/b10-9+,23-14+. The first-order valence-electron chi connectivity index (χ1n) is 8.56. The minimum atomic E-state index is -0.368. The first kappa shape index (κ1) is 20.6. The number of carbonyl (C=O) groups excluding carboxylic acids is 2. The predicted molar refractivity (Wildman–Crippen MR) is 109 cm³/mol. The van der Waals surface area contributed by atoms with Crippen molar-refractivity contribution in [2.24, 2.45) is 10.8 Å². The number of aryl methyl sites for hydroxylation is 1. The number of rotatable bonds is 9. The maximum Gasteiger partial charge on any atom is 0.271 e. The molecule has 28 heavy (non-hydrogen) atoms. The molecule has 0 atom stereocenters. The van der Waals surface area contributed by atoms with E-state index in [1.165, 1.54) is 6.21 Å². The predicted octanol–water partition coefficient (Wildman–Crippen LogP) is 2.37. The van der Waals surface area contributed by atoms with Gasteiger partial charge in [-0.25, -0.2) is 5.43 Å². The largest absolute Gasteiger partial charge is 0.370 e. The number of benzene rings is 2. The van der Waals surface area contributed by atoms with Crippen LogP contribution >= 0.6 is 0 Å². The molecule has 5 N–H and O–H groups in total. The molecular formula is C21H22N4O3. The van der Waals surface area contributed by atoms with Crippen molar-refractivity contribution in [1.29, 1.82) is 0 Å². The molecule has 0 aromatic heterocycles. The van der Waals surface area contributed by atoms with Crippen molar-refractivity contribution in [2.75, 3.05) is 0 Å². The Labute approximate surface area is 163 Å². The Bertz CT molecular complexity index is 919. The Morgan fingerprint density at radius 2 is 1.96 bits per heavy atom. The Hall–Kier alpha value is -3.71. The highest BCUT2D eigenvalue weighted by atomic mass is 16.5. The zero-order valence-electron chi connectivity index (χ0n) is 15.3. The van der Waals surface area contributed by atoms with Crippen molar-refractivity contribution in [3.63, 3.8) is 0 Å². The van der Waals surface area contributed by atoms with E-state index in [0.29, 0.717) is 17.7 Å². The highest BCUT2D eigenvalue weighted by Gasteiger charge is 2.05. The summed E-state index contributed by atoms with van der Waals surface area (Å²) in [4.78, 5) is 23.3. The fourth-order valence-electron chi connectivity index (χ4n) is 2.39. The molecule has 0 heterocycles. The second kappa shape index (κ2) is 10.4. The van der Waals surface area contributed by atoms with E-state index < -0.39 is 0 Å². The number of nitrogens with one attached hydrogen (secondary N) is 2. The van der Waals surface area contributed by atoms with Crippen LogP contribution in [-0.2, 0) is 11.2 Å². The normalized spacial score (nSPS) is 10.9. The van der Waals surface area contributed by atoms with Crippen LogP contribution in [0, 0.1) is 0 Å². The molecule has 0 aliphatic heterocycles. The fraction of sp³-hybridized carbons (Fsp3) is 0.0952. The molecule has 0 spiro atoms. The molecule has 0 fully saturated rings. The molecule has 0 saturated heterocycles. The molecule has 2 amide bonds. The monoisotopic (exact) mass is 378 g/mol. The maximum atomic E-state index is 12.3. The van der Waals surface area contributed by atoms with Crippen LogP contribution < -0.4 is 16.6 Å². The molecule has 0 unspecified atom stereocenters. The molecule has 0 aliphatic carbocycles. The van der Waals surface area contributed by atoms with Crippen molar-refractivity contribution in [3.05, 3.63) is 89.1 Å². The molecule has 2 aromatic carbocycles. The topological polar surface area (TPSA) is 117 Å². The van der Waals surface area contributed by atoms with Crippen molar-refractivity contribution in [1.82, 2.24) is 10.9 Å². The summed E-state index contributed by atoms with van der Waals surface area (Å²) in [5, 5.41) is 12.7. The molecule has 0 bridgehead atoms. The van der Waals surface area contributed by atoms with Gasteiger partial charge in [-0.15, -0.1) is 0 Å². The van der Waals surface area contributed by atoms with Crippen LogP contribution in [0.15, 0.2) is 72.0 Å². The zero-order chi connectivity index (χ0) is 20.4. The van der Waals surface area contributed by atoms with Gasteiger partial charge in [-0.1, -0.05) is 49.1 Å². The molecule has 2 rings (SSSR count). The zero-order valence-corrected chi connectivity index (χ0v) is 15.3. The smallest absolute Gasteiger partial charge is 0.271 e. The summed E-state index contributed by atoms with van der Waals surface area (Å²) in [6.07, 6.45) is 5.58. The molecular weight excluding hydrogens is 356 g/mol. The van der Waals surface area contributed by atoms with Gasteiger partial charge in [0.05, 0.1) is 11.9 Å². The van der Waals surface area contributed by atoms with E-state index in [-0.39, 0.29) is 18.2 Å². The Balaban J connectivity index is 2.03. The second-order valence-electron chi connectivity index (χ2n) is 5.96. The van der Waals surface area contributed by atoms with E-state index in [4.69, 9.17) is 10.9 Å². The number of hydrazone groups is 1. The minimum absolute atomic E-state index is 0.246. The van der Waals surface area contributed by atoms with Crippen LogP contribution in [0.4, 0.5) is 0 Å². The number of hydrogen-bond acceptors (Lipinski definition) is 5. The molecule has 0 aliphatic rings. The van der Waals surface area contributed by atoms with Crippen LogP contribution in [0.2, 0.25) is 0 Å². The van der Waals surface area contributed by atoms with E-state index >= 15 is 0 Å². The van der Waals surface area contributed by atoms with Gasteiger partial charge in [0.1, 0.15) is 0 Å². The summed E-state index contributed by atoms with van der Waals surface area (Å²) >= 11 is 0. The van der Waals surface area contributed by atoms with Gasteiger partial charge in [0.25, 0.3) is 5.91 Å². The van der Waals surface area contributed by atoms with Crippen molar-refractivity contribution in [2.45, 2.75) is 12.8 Å². The van der Waals surface area contributed by atoms with Crippen molar-refractivity contribution >= 4 is 24.1 Å².